The summed E-state index contributed by atoms with van der Waals surface area (Å²) in [5, 5.41) is 5.66. The van der Waals surface area contributed by atoms with Gasteiger partial charge in [0.25, 0.3) is 0 Å². The number of imidazole rings is 1. The van der Waals surface area contributed by atoms with Crippen LogP contribution in [0, 0.1) is 0 Å². The second-order valence-electron chi connectivity index (χ2n) is 6.77. The Balaban J connectivity index is 1.30. The number of para-hydroxylation sites is 2. The molecule has 3 heterocycles. The molecule has 6 nitrogen and oxygen atoms in total. The van der Waals surface area contributed by atoms with E-state index in [1.165, 1.54) is 11.3 Å². The molecule has 5 aromatic rings. The maximum Gasteiger partial charge on any atom is 0.230 e. The smallest absolute Gasteiger partial charge is 0.230 e. The number of amides is 1. The predicted octanol–water partition coefficient (Wildman–Crippen LogP) is 4.93. The maximum atomic E-state index is 12.5. The zero-order chi connectivity index (χ0) is 20.3. The fraction of sp³-hybridized carbons (Fsp3) is 0.0435. The first-order valence-corrected chi connectivity index (χ1v) is 10.3. The van der Waals surface area contributed by atoms with Gasteiger partial charge in [-0.3, -0.25) is 9.78 Å². The van der Waals surface area contributed by atoms with Crippen molar-refractivity contribution in [1.82, 2.24) is 19.9 Å². The highest BCUT2D eigenvalue weighted by Crippen LogP contribution is 2.24. The number of aromatic nitrogens is 4. The number of hydrogen-bond acceptors (Lipinski definition) is 5. The van der Waals surface area contributed by atoms with Crippen molar-refractivity contribution in [2.45, 2.75) is 6.42 Å². The fourth-order valence-corrected chi connectivity index (χ4v) is 3.99. The van der Waals surface area contributed by atoms with Crippen molar-refractivity contribution in [2.24, 2.45) is 0 Å². The summed E-state index contributed by atoms with van der Waals surface area (Å²) in [7, 11) is 0. The molecule has 0 radical (unpaired) electrons. The minimum absolute atomic E-state index is 0.116. The Labute approximate surface area is 176 Å². The van der Waals surface area contributed by atoms with Crippen LogP contribution in [-0.4, -0.2) is 25.8 Å². The molecule has 2 aromatic carbocycles. The van der Waals surface area contributed by atoms with Crippen LogP contribution < -0.4 is 5.32 Å². The number of carbonyl (C=O) groups is 1. The topological polar surface area (TPSA) is 83.6 Å². The second-order valence-corrected chi connectivity index (χ2v) is 7.63. The van der Waals surface area contributed by atoms with Gasteiger partial charge in [0.15, 0.2) is 0 Å². The van der Waals surface area contributed by atoms with Crippen LogP contribution in [0.4, 0.5) is 5.69 Å². The van der Waals surface area contributed by atoms with Gasteiger partial charge in [0.2, 0.25) is 5.91 Å². The molecule has 0 unspecified atom stereocenters. The van der Waals surface area contributed by atoms with Crippen LogP contribution in [0.1, 0.15) is 5.69 Å². The summed E-state index contributed by atoms with van der Waals surface area (Å²) < 4.78 is 0. The quantitative estimate of drug-likeness (QED) is 0.430. The van der Waals surface area contributed by atoms with Gasteiger partial charge in [-0.15, -0.1) is 11.3 Å². The zero-order valence-electron chi connectivity index (χ0n) is 15.9. The van der Waals surface area contributed by atoms with Crippen LogP contribution in [-0.2, 0) is 11.2 Å². The summed E-state index contributed by atoms with van der Waals surface area (Å²) in [6, 6.07) is 21.2. The van der Waals surface area contributed by atoms with Crippen LogP contribution >= 0.6 is 11.3 Å². The van der Waals surface area contributed by atoms with E-state index in [9.17, 15) is 4.79 Å². The van der Waals surface area contributed by atoms with Gasteiger partial charge in [0, 0.05) is 22.8 Å². The molecule has 0 spiro atoms. The highest BCUT2D eigenvalue weighted by atomic mass is 32.1. The fourth-order valence-electron chi connectivity index (χ4n) is 3.20. The summed E-state index contributed by atoms with van der Waals surface area (Å²) in [5.41, 5.74) is 5.07. The number of benzene rings is 2. The third kappa shape index (κ3) is 3.83. The van der Waals surface area contributed by atoms with Gasteiger partial charge < -0.3 is 10.3 Å². The normalized spacial score (nSPS) is 10.9. The first-order chi connectivity index (χ1) is 14.7. The van der Waals surface area contributed by atoms with Gasteiger partial charge in [0.1, 0.15) is 10.8 Å². The summed E-state index contributed by atoms with van der Waals surface area (Å²) >= 11 is 1.49. The molecule has 0 aliphatic rings. The van der Waals surface area contributed by atoms with Gasteiger partial charge in [0.05, 0.1) is 28.8 Å². The van der Waals surface area contributed by atoms with E-state index in [0.29, 0.717) is 0 Å². The first-order valence-electron chi connectivity index (χ1n) is 9.45. The van der Waals surface area contributed by atoms with Gasteiger partial charge >= 0.3 is 0 Å². The molecule has 0 saturated carbocycles. The Bertz CT molecular complexity index is 1290. The monoisotopic (exact) mass is 411 g/mol. The third-order valence-electron chi connectivity index (χ3n) is 4.59. The number of nitrogens with zero attached hydrogens (tertiary/aromatic N) is 3. The van der Waals surface area contributed by atoms with Crippen molar-refractivity contribution in [2.75, 3.05) is 5.32 Å². The molecule has 2 N–H and O–H groups in total. The lowest BCUT2D eigenvalue weighted by molar-refractivity contribution is -0.115. The number of rotatable bonds is 5. The number of nitrogens with one attached hydrogen (secondary N) is 2. The molecule has 0 saturated heterocycles. The summed E-state index contributed by atoms with van der Waals surface area (Å²) in [4.78, 5) is 29.3. The molecule has 0 fully saturated rings. The van der Waals surface area contributed by atoms with E-state index in [1.54, 1.807) is 6.20 Å². The van der Waals surface area contributed by atoms with Crippen molar-refractivity contribution < 1.29 is 4.79 Å². The molecule has 0 aliphatic heterocycles. The molecule has 0 atom stereocenters. The van der Waals surface area contributed by atoms with E-state index in [2.05, 4.69) is 25.3 Å². The number of hydrogen-bond donors (Lipinski definition) is 2. The van der Waals surface area contributed by atoms with Crippen LogP contribution in [0.2, 0.25) is 0 Å². The lowest BCUT2D eigenvalue weighted by Crippen LogP contribution is -2.14. The summed E-state index contributed by atoms with van der Waals surface area (Å²) in [6.07, 6.45) is 1.94. The Kier molecular flexibility index (Phi) is 4.78. The Morgan fingerprint density at radius 3 is 2.77 bits per heavy atom. The lowest BCUT2D eigenvalue weighted by Gasteiger charge is -2.06. The van der Waals surface area contributed by atoms with E-state index in [4.69, 9.17) is 0 Å². The lowest BCUT2D eigenvalue weighted by atomic mass is 10.2. The number of carbonyl (C=O) groups excluding carboxylic acids is 1. The average Bonchev–Trinajstić information content (AvgIpc) is 3.41. The van der Waals surface area contributed by atoms with E-state index in [1.807, 2.05) is 72.1 Å². The SMILES string of the molecule is O=C(Cc1csc(-c2ccccn2)n1)Nc1cccc(-c2nc3ccccc3[nH]2)c1. The van der Waals surface area contributed by atoms with E-state index >= 15 is 0 Å². The maximum absolute atomic E-state index is 12.5. The molecule has 1 amide bonds. The molecule has 146 valence electrons. The minimum atomic E-state index is -0.116. The highest BCUT2D eigenvalue weighted by Gasteiger charge is 2.11. The van der Waals surface area contributed by atoms with Crippen molar-refractivity contribution in [3.63, 3.8) is 0 Å². The zero-order valence-corrected chi connectivity index (χ0v) is 16.7. The summed E-state index contributed by atoms with van der Waals surface area (Å²) in [5.74, 6) is 0.654. The van der Waals surface area contributed by atoms with Gasteiger partial charge in [-0.1, -0.05) is 30.3 Å². The standard InChI is InChI=1S/C23H17N5OS/c29-21(13-17-14-30-23(26-17)20-10-3-4-11-24-20)25-16-7-5-6-15(12-16)22-27-18-8-1-2-9-19(18)28-22/h1-12,14H,13H2,(H,25,29)(H,27,28). The number of aromatic amines is 1. The molecular weight excluding hydrogens is 394 g/mol. The van der Waals surface area contributed by atoms with Gasteiger partial charge in [-0.2, -0.15) is 0 Å². The number of anilines is 1. The van der Waals surface area contributed by atoms with Crippen LogP contribution in [0.3, 0.4) is 0 Å². The van der Waals surface area contributed by atoms with Crippen molar-refractivity contribution in [3.8, 4) is 22.1 Å². The van der Waals surface area contributed by atoms with Crippen LogP contribution in [0.15, 0.2) is 78.3 Å². The van der Waals surface area contributed by atoms with E-state index in [0.717, 1.165) is 44.5 Å². The Morgan fingerprint density at radius 2 is 1.90 bits per heavy atom. The van der Waals surface area contributed by atoms with E-state index < -0.39 is 0 Å². The van der Waals surface area contributed by atoms with Gasteiger partial charge in [-0.25, -0.2) is 9.97 Å². The summed E-state index contributed by atoms with van der Waals surface area (Å²) in [6.45, 7) is 0. The second kappa shape index (κ2) is 7.88. The first kappa shape index (κ1) is 18.2. The largest absolute Gasteiger partial charge is 0.338 e. The van der Waals surface area contributed by atoms with Crippen LogP contribution in [0.5, 0.6) is 0 Å². The van der Waals surface area contributed by atoms with Crippen molar-refractivity contribution in [3.05, 3.63) is 84.0 Å². The molecule has 3 aromatic heterocycles. The van der Waals surface area contributed by atoms with Gasteiger partial charge in [-0.05, 0) is 36.4 Å². The van der Waals surface area contributed by atoms with E-state index in [-0.39, 0.29) is 12.3 Å². The highest BCUT2D eigenvalue weighted by molar-refractivity contribution is 7.13. The molecule has 7 heteroatoms. The number of pyridine rings is 1. The molecule has 5 rings (SSSR count). The number of H-pyrrole nitrogens is 1. The Morgan fingerprint density at radius 1 is 1.00 bits per heavy atom. The molecule has 0 bridgehead atoms. The number of fused-ring (bicyclic) bond motifs is 1. The third-order valence-corrected chi connectivity index (χ3v) is 5.50. The minimum Gasteiger partial charge on any atom is -0.338 e. The van der Waals surface area contributed by atoms with Crippen molar-refractivity contribution in [1.29, 1.82) is 0 Å². The Hall–Kier alpha value is -3.84. The molecule has 0 aliphatic carbocycles. The predicted molar refractivity (Wildman–Crippen MR) is 119 cm³/mol. The average molecular weight is 411 g/mol. The van der Waals surface area contributed by atoms with Crippen molar-refractivity contribution >= 4 is 34.0 Å². The molecular formula is C23H17N5OS. The van der Waals surface area contributed by atoms with Crippen LogP contribution in [0.25, 0.3) is 33.1 Å². The number of thiazole rings is 1. The molecule has 30 heavy (non-hydrogen) atoms.